The van der Waals surface area contributed by atoms with Gasteiger partial charge in [0.1, 0.15) is 0 Å². The van der Waals surface area contributed by atoms with Gasteiger partial charge in [-0.05, 0) is 30.7 Å². The van der Waals surface area contributed by atoms with Crippen molar-refractivity contribution in [2.45, 2.75) is 39.2 Å². The van der Waals surface area contributed by atoms with Crippen LogP contribution in [0.3, 0.4) is 0 Å². The number of hydrogen-bond donors (Lipinski definition) is 1. The van der Waals surface area contributed by atoms with Gasteiger partial charge in [0.2, 0.25) is 5.82 Å². The van der Waals surface area contributed by atoms with E-state index in [0.29, 0.717) is 22.3 Å². The normalized spacial score (nSPS) is 11.0. The minimum atomic E-state index is -1.04. The minimum absolute atomic E-state index is 0.0476. The summed E-state index contributed by atoms with van der Waals surface area (Å²) >= 11 is 12.1. The summed E-state index contributed by atoms with van der Waals surface area (Å²) in [6, 6.07) is 14.7. The summed E-state index contributed by atoms with van der Waals surface area (Å²) in [5.41, 5.74) is 3.12. The van der Waals surface area contributed by atoms with Gasteiger partial charge in [-0.2, -0.15) is 0 Å². The SMILES string of the molecule is CCCCCCn1c(C(=O)O)nc(-c2ccc(Cl)cc2)c1-c1ccc(Cl)cc1. The number of unbranched alkanes of at least 4 members (excludes halogenated alkanes) is 3. The average molecular weight is 417 g/mol. The highest BCUT2D eigenvalue weighted by Crippen LogP contribution is 2.34. The Balaban J connectivity index is 2.15. The maximum Gasteiger partial charge on any atom is 0.372 e. The molecule has 1 N–H and O–H groups in total. The topological polar surface area (TPSA) is 55.1 Å². The molecule has 2 aromatic carbocycles. The van der Waals surface area contributed by atoms with Crippen molar-refractivity contribution in [1.82, 2.24) is 9.55 Å². The van der Waals surface area contributed by atoms with E-state index in [1.165, 1.54) is 0 Å². The van der Waals surface area contributed by atoms with Gasteiger partial charge in [0.05, 0.1) is 11.4 Å². The minimum Gasteiger partial charge on any atom is -0.475 e. The quantitative estimate of drug-likeness (QED) is 0.410. The van der Waals surface area contributed by atoms with Crippen LogP contribution < -0.4 is 0 Å². The molecule has 0 saturated carbocycles. The van der Waals surface area contributed by atoms with Crippen LogP contribution in [0.25, 0.3) is 22.5 Å². The Morgan fingerprint density at radius 2 is 1.50 bits per heavy atom. The largest absolute Gasteiger partial charge is 0.475 e. The zero-order valence-corrected chi connectivity index (χ0v) is 17.2. The van der Waals surface area contributed by atoms with Crippen molar-refractivity contribution >= 4 is 29.2 Å². The third-order valence-corrected chi connectivity index (χ3v) is 5.13. The van der Waals surface area contributed by atoms with E-state index in [4.69, 9.17) is 23.2 Å². The molecule has 0 aliphatic rings. The number of hydrogen-bond acceptors (Lipinski definition) is 2. The molecule has 4 nitrogen and oxygen atoms in total. The summed E-state index contributed by atoms with van der Waals surface area (Å²) < 4.78 is 1.81. The second-order valence-corrected chi connectivity index (χ2v) is 7.54. The first-order chi connectivity index (χ1) is 13.5. The highest BCUT2D eigenvalue weighted by Gasteiger charge is 2.23. The van der Waals surface area contributed by atoms with Crippen LogP contribution in [0.4, 0.5) is 0 Å². The van der Waals surface area contributed by atoms with Gasteiger partial charge in [0.25, 0.3) is 0 Å². The van der Waals surface area contributed by atoms with E-state index < -0.39 is 5.97 Å². The molecule has 1 aromatic heterocycles. The van der Waals surface area contributed by atoms with Crippen LogP contribution >= 0.6 is 23.2 Å². The molecule has 0 aliphatic heterocycles. The molecule has 0 unspecified atom stereocenters. The van der Waals surface area contributed by atoms with Crippen LogP contribution in [0.1, 0.15) is 43.2 Å². The second kappa shape index (κ2) is 9.26. The highest BCUT2D eigenvalue weighted by atomic mass is 35.5. The van der Waals surface area contributed by atoms with Crippen LogP contribution in [0.15, 0.2) is 48.5 Å². The fourth-order valence-electron chi connectivity index (χ4n) is 3.24. The van der Waals surface area contributed by atoms with Crippen molar-refractivity contribution in [2.75, 3.05) is 0 Å². The molecule has 1 heterocycles. The van der Waals surface area contributed by atoms with Gasteiger partial charge in [-0.25, -0.2) is 9.78 Å². The molecule has 3 rings (SSSR count). The summed E-state index contributed by atoms with van der Waals surface area (Å²) in [4.78, 5) is 16.4. The molecular weight excluding hydrogens is 395 g/mol. The van der Waals surface area contributed by atoms with Crippen LogP contribution in [-0.2, 0) is 6.54 Å². The van der Waals surface area contributed by atoms with Crippen molar-refractivity contribution in [2.24, 2.45) is 0 Å². The number of aromatic nitrogens is 2. The second-order valence-electron chi connectivity index (χ2n) is 6.66. The number of halogens is 2. The lowest BCUT2D eigenvalue weighted by Gasteiger charge is -2.12. The number of carboxylic acid groups (broad SMARTS) is 1. The van der Waals surface area contributed by atoms with Gasteiger partial charge >= 0.3 is 5.97 Å². The van der Waals surface area contributed by atoms with Crippen molar-refractivity contribution in [3.05, 3.63) is 64.4 Å². The van der Waals surface area contributed by atoms with E-state index in [1.54, 1.807) is 24.3 Å². The van der Waals surface area contributed by atoms with Crippen molar-refractivity contribution < 1.29 is 9.90 Å². The summed E-state index contributed by atoms with van der Waals surface area (Å²) in [7, 11) is 0. The molecule has 0 fully saturated rings. The number of rotatable bonds is 8. The molecule has 0 radical (unpaired) electrons. The molecule has 3 aromatic rings. The molecule has 0 atom stereocenters. The van der Waals surface area contributed by atoms with Crippen LogP contribution in [-0.4, -0.2) is 20.6 Å². The maximum absolute atomic E-state index is 11.9. The summed E-state index contributed by atoms with van der Waals surface area (Å²) in [6.45, 7) is 2.75. The van der Waals surface area contributed by atoms with Crippen molar-refractivity contribution in [1.29, 1.82) is 0 Å². The predicted octanol–water partition coefficient (Wildman–Crippen LogP) is 6.80. The number of aromatic carboxylic acids is 1. The summed E-state index contributed by atoms with van der Waals surface area (Å²) in [5.74, 6) is -0.989. The lowest BCUT2D eigenvalue weighted by atomic mass is 10.0. The van der Waals surface area contributed by atoms with E-state index in [9.17, 15) is 9.90 Å². The average Bonchev–Trinajstić information content (AvgIpc) is 3.06. The van der Waals surface area contributed by atoms with E-state index in [-0.39, 0.29) is 5.82 Å². The molecule has 28 heavy (non-hydrogen) atoms. The number of benzene rings is 2. The van der Waals surface area contributed by atoms with E-state index in [2.05, 4.69) is 11.9 Å². The first-order valence-electron chi connectivity index (χ1n) is 9.37. The lowest BCUT2D eigenvalue weighted by molar-refractivity contribution is 0.0678. The smallest absolute Gasteiger partial charge is 0.372 e. The van der Waals surface area contributed by atoms with Crippen molar-refractivity contribution in [3.8, 4) is 22.5 Å². The van der Waals surface area contributed by atoms with Crippen LogP contribution in [0.5, 0.6) is 0 Å². The molecular formula is C22H22Cl2N2O2. The first-order valence-corrected chi connectivity index (χ1v) is 10.1. The van der Waals surface area contributed by atoms with E-state index >= 15 is 0 Å². The van der Waals surface area contributed by atoms with Gasteiger partial charge in [-0.1, -0.05) is 73.7 Å². The van der Waals surface area contributed by atoms with E-state index in [0.717, 1.165) is 42.5 Å². The Bertz CT molecular complexity index is 948. The van der Waals surface area contributed by atoms with Gasteiger partial charge in [0.15, 0.2) is 0 Å². The van der Waals surface area contributed by atoms with E-state index in [1.807, 2.05) is 28.8 Å². The predicted molar refractivity (Wildman–Crippen MR) is 114 cm³/mol. The Kier molecular flexibility index (Phi) is 6.76. The highest BCUT2D eigenvalue weighted by molar-refractivity contribution is 6.31. The maximum atomic E-state index is 11.9. The number of carbonyl (C=O) groups is 1. The molecule has 146 valence electrons. The molecule has 0 amide bonds. The van der Waals surface area contributed by atoms with Gasteiger partial charge < -0.3 is 9.67 Å². The third-order valence-electron chi connectivity index (χ3n) is 4.63. The zero-order chi connectivity index (χ0) is 20.1. The van der Waals surface area contributed by atoms with Crippen LogP contribution in [0.2, 0.25) is 10.0 Å². The number of carboxylic acids is 1. The number of imidazole rings is 1. The number of nitrogens with zero attached hydrogens (tertiary/aromatic N) is 2. The fourth-order valence-corrected chi connectivity index (χ4v) is 3.49. The summed E-state index contributed by atoms with van der Waals surface area (Å²) in [5, 5.41) is 11.0. The molecule has 6 heteroatoms. The molecule has 0 bridgehead atoms. The Morgan fingerprint density at radius 3 is 2.04 bits per heavy atom. The van der Waals surface area contributed by atoms with Crippen molar-refractivity contribution in [3.63, 3.8) is 0 Å². The van der Waals surface area contributed by atoms with Gasteiger partial charge in [-0.3, -0.25) is 0 Å². The van der Waals surface area contributed by atoms with Crippen LogP contribution in [0, 0.1) is 0 Å². The Morgan fingerprint density at radius 1 is 0.929 bits per heavy atom. The molecule has 0 saturated heterocycles. The first kappa shape index (κ1) is 20.4. The molecule has 0 aliphatic carbocycles. The Hall–Kier alpha value is -2.30. The standard InChI is InChI=1S/C22H22Cl2N2O2/c1-2-3-4-5-14-26-20(16-8-12-18(24)13-9-16)19(25-21(26)22(27)28)15-6-10-17(23)11-7-15/h6-13H,2-5,14H2,1H3,(H,27,28). The zero-order valence-electron chi connectivity index (χ0n) is 15.7. The Labute approximate surface area is 174 Å². The monoisotopic (exact) mass is 416 g/mol. The fraction of sp³-hybridized carbons (Fsp3) is 0.273. The summed E-state index contributed by atoms with van der Waals surface area (Å²) in [6.07, 6.45) is 4.18. The van der Waals surface area contributed by atoms with Gasteiger partial charge in [-0.15, -0.1) is 0 Å². The van der Waals surface area contributed by atoms with Gasteiger partial charge in [0, 0.05) is 27.7 Å². The third kappa shape index (κ3) is 4.57. The molecule has 0 spiro atoms. The lowest BCUT2D eigenvalue weighted by Crippen LogP contribution is -2.11.